The Morgan fingerprint density at radius 2 is 2.04 bits per heavy atom. The highest BCUT2D eigenvalue weighted by molar-refractivity contribution is 7.79. The van der Waals surface area contributed by atoms with Gasteiger partial charge in [0.1, 0.15) is 5.75 Å². The molecule has 4 nitrogen and oxygen atoms in total. The minimum Gasteiger partial charge on any atom is -0.441 e. The molecule has 0 amide bonds. The predicted octanol–water partition coefficient (Wildman–Crippen LogP) is 5.02. The quantitative estimate of drug-likeness (QED) is 0.774. The summed E-state index contributed by atoms with van der Waals surface area (Å²) in [6.07, 6.45) is 7.53. The molecule has 124 valence electrons. The van der Waals surface area contributed by atoms with Crippen LogP contribution in [0.1, 0.15) is 49.6 Å². The maximum atomic E-state index is 11.2. The summed E-state index contributed by atoms with van der Waals surface area (Å²) in [6, 6.07) is 5.27. The first-order chi connectivity index (χ1) is 11.0. The van der Waals surface area contributed by atoms with Crippen molar-refractivity contribution < 1.29 is 12.8 Å². The molecule has 6 heteroatoms. The van der Waals surface area contributed by atoms with Crippen LogP contribution in [0, 0.1) is 6.92 Å². The van der Waals surface area contributed by atoms with E-state index in [1.54, 1.807) is 12.1 Å². The normalized spacial score (nSPS) is 17.2. The third kappa shape index (κ3) is 3.78. The van der Waals surface area contributed by atoms with Gasteiger partial charge in [-0.25, -0.2) is 9.19 Å². The minimum atomic E-state index is -1.37. The van der Waals surface area contributed by atoms with Crippen LogP contribution in [0.3, 0.4) is 0 Å². The second kappa shape index (κ2) is 7.05. The second-order valence-corrected chi connectivity index (χ2v) is 7.29. The first-order valence-corrected chi connectivity index (χ1v) is 9.69. The zero-order valence-electron chi connectivity index (χ0n) is 13.3. The fraction of sp³-hybridized carbons (Fsp3) is 0.471. The Labute approximate surface area is 143 Å². The lowest BCUT2D eigenvalue weighted by molar-refractivity contribution is 0.437. The van der Waals surface area contributed by atoms with Crippen molar-refractivity contribution in [3.8, 4) is 17.1 Å². The molecule has 1 saturated carbocycles. The smallest absolute Gasteiger partial charge is 0.203 e. The van der Waals surface area contributed by atoms with Crippen LogP contribution in [0.4, 0.5) is 0 Å². The average Bonchev–Trinajstić information content (AvgIpc) is 2.89. The summed E-state index contributed by atoms with van der Waals surface area (Å²) in [5.41, 5.74) is 1.82. The Morgan fingerprint density at radius 3 is 2.70 bits per heavy atom. The number of hydrogen-bond acceptors (Lipinski definition) is 4. The highest BCUT2D eigenvalue weighted by atomic mass is 35.5. The average molecular weight is 354 g/mol. The highest BCUT2D eigenvalue weighted by Gasteiger charge is 2.25. The molecule has 1 aliphatic carbocycles. The summed E-state index contributed by atoms with van der Waals surface area (Å²) in [4.78, 5) is 4.62. The van der Waals surface area contributed by atoms with Crippen molar-refractivity contribution in [2.24, 2.45) is 0 Å². The molecule has 1 aliphatic rings. The molecule has 2 aromatic rings. The summed E-state index contributed by atoms with van der Waals surface area (Å²) in [7, 11) is 0. The van der Waals surface area contributed by atoms with Crippen molar-refractivity contribution in [2.45, 2.75) is 44.9 Å². The molecule has 1 heterocycles. The van der Waals surface area contributed by atoms with Crippen molar-refractivity contribution in [3.63, 3.8) is 0 Å². The molecule has 0 N–H and O–H groups in total. The number of rotatable bonds is 4. The summed E-state index contributed by atoms with van der Waals surface area (Å²) >= 11 is 5.03. The minimum absolute atomic E-state index is 0.436. The van der Waals surface area contributed by atoms with E-state index in [1.165, 1.54) is 25.5 Å². The predicted molar refractivity (Wildman–Crippen MR) is 92.2 cm³/mol. The molecule has 1 aromatic carbocycles. The van der Waals surface area contributed by atoms with Gasteiger partial charge in [0.15, 0.2) is 11.7 Å². The van der Waals surface area contributed by atoms with Crippen LogP contribution in [0.15, 0.2) is 22.6 Å². The summed E-state index contributed by atoms with van der Waals surface area (Å²) in [5, 5.41) is 0.515. The van der Waals surface area contributed by atoms with Gasteiger partial charge in [0, 0.05) is 30.7 Å². The monoisotopic (exact) mass is 353 g/mol. The van der Waals surface area contributed by atoms with Crippen LogP contribution in [-0.2, 0) is 11.1 Å². The van der Waals surface area contributed by atoms with Crippen LogP contribution >= 0.6 is 11.6 Å². The van der Waals surface area contributed by atoms with Crippen molar-refractivity contribution in [1.82, 2.24) is 4.98 Å². The van der Waals surface area contributed by atoms with Gasteiger partial charge >= 0.3 is 0 Å². The van der Waals surface area contributed by atoms with Crippen LogP contribution in [0.2, 0.25) is 5.02 Å². The third-order valence-electron chi connectivity index (χ3n) is 4.15. The molecule has 0 radical (unpaired) electrons. The van der Waals surface area contributed by atoms with Gasteiger partial charge in [0.2, 0.25) is 11.1 Å². The van der Waals surface area contributed by atoms with E-state index in [0.717, 1.165) is 29.9 Å². The van der Waals surface area contributed by atoms with Crippen molar-refractivity contribution in [1.29, 1.82) is 0 Å². The fourth-order valence-corrected chi connectivity index (χ4v) is 3.79. The van der Waals surface area contributed by atoms with Crippen LogP contribution < -0.4 is 4.18 Å². The lowest BCUT2D eigenvalue weighted by atomic mass is 9.85. The van der Waals surface area contributed by atoms with Gasteiger partial charge in [-0.1, -0.05) is 30.9 Å². The van der Waals surface area contributed by atoms with Gasteiger partial charge in [-0.15, -0.1) is 0 Å². The lowest BCUT2D eigenvalue weighted by Gasteiger charge is -2.20. The number of nitrogens with zero attached hydrogens (tertiary/aromatic N) is 1. The summed E-state index contributed by atoms with van der Waals surface area (Å²) < 4.78 is 22.2. The van der Waals surface area contributed by atoms with Crippen LogP contribution in [0.25, 0.3) is 11.3 Å². The number of aryl methyl sites for hydroxylation is 1. The van der Waals surface area contributed by atoms with E-state index < -0.39 is 11.1 Å². The standard InChI is InChI=1S/C17H20ClNO3S/c1-11-19-16(12-6-4-3-5-7-12)17(21-11)14-9-8-13(10-15(14)18)22-23(2)20/h8-10,12H,3-7H2,1-2H3. The van der Waals surface area contributed by atoms with Gasteiger partial charge < -0.3 is 8.60 Å². The molecule has 1 aromatic heterocycles. The molecular weight excluding hydrogens is 334 g/mol. The Hall–Kier alpha value is -1.33. The van der Waals surface area contributed by atoms with Gasteiger partial charge in [-0.2, -0.15) is 0 Å². The van der Waals surface area contributed by atoms with Crippen LogP contribution in [-0.4, -0.2) is 15.4 Å². The molecule has 23 heavy (non-hydrogen) atoms. The SMILES string of the molecule is Cc1nc(C2CCCCC2)c(-c2ccc(OS(C)=O)cc2Cl)o1. The first-order valence-electron chi connectivity index (χ1n) is 7.83. The third-order valence-corrected chi connectivity index (χ3v) is 4.89. The van der Waals surface area contributed by atoms with Crippen molar-refractivity contribution in [3.05, 3.63) is 34.8 Å². The Morgan fingerprint density at radius 1 is 1.30 bits per heavy atom. The molecule has 1 atom stereocenters. The summed E-state index contributed by atoms with van der Waals surface area (Å²) in [5.74, 6) is 2.33. The highest BCUT2D eigenvalue weighted by Crippen LogP contribution is 2.41. The van der Waals surface area contributed by atoms with Gasteiger partial charge in [0.25, 0.3) is 0 Å². The Bertz CT molecular complexity index is 723. The topological polar surface area (TPSA) is 52.3 Å². The largest absolute Gasteiger partial charge is 0.441 e. The molecule has 0 bridgehead atoms. The van der Waals surface area contributed by atoms with Gasteiger partial charge in [-0.05, 0) is 25.0 Å². The lowest BCUT2D eigenvalue weighted by Crippen LogP contribution is -2.06. The molecule has 0 spiro atoms. The first kappa shape index (κ1) is 16.5. The van der Waals surface area contributed by atoms with E-state index in [2.05, 4.69) is 4.98 Å². The number of hydrogen-bond donors (Lipinski definition) is 0. The molecule has 0 saturated heterocycles. The van der Waals surface area contributed by atoms with Crippen molar-refractivity contribution >= 4 is 22.7 Å². The van der Waals surface area contributed by atoms with E-state index in [1.807, 2.05) is 13.0 Å². The number of oxazole rings is 1. The van der Waals surface area contributed by atoms with E-state index in [0.29, 0.717) is 22.6 Å². The number of benzene rings is 1. The Kier molecular flexibility index (Phi) is 5.07. The maximum absolute atomic E-state index is 11.2. The zero-order chi connectivity index (χ0) is 16.4. The molecular formula is C17H20ClNO3S. The van der Waals surface area contributed by atoms with E-state index in [-0.39, 0.29) is 0 Å². The Balaban J connectivity index is 1.96. The number of aromatic nitrogens is 1. The van der Waals surface area contributed by atoms with Crippen molar-refractivity contribution in [2.75, 3.05) is 6.26 Å². The van der Waals surface area contributed by atoms with Gasteiger partial charge in [0.05, 0.1) is 10.7 Å². The second-order valence-electron chi connectivity index (χ2n) is 5.91. The molecule has 1 unspecified atom stereocenters. The zero-order valence-corrected chi connectivity index (χ0v) is 14.9. The summed E-state index contributed by atoms with van der Waals surface area (Å²) in [6.45, 7) is 1.86. The molecule has 3 rings (SSSR count). The maximum Gasteiger partial charge on any atom is 0.203 e. The van der Waals surface area contributed by atoms with E-state index in [9.17, 15) is 4.21 Å². The number of halogens is 1. The van der Waals surface area contributed by atoms with E-state index in [4.69, 9.17) is 20.2 Å². The van der Waals surface area contributed by atoms with Gasteiger partial charge in [-0.3, -0.25) is 0 Å². The fourth-order valence-electron chi connectivity index (χ4n) is 3.16. The van der Waals surface area contributed by atoms with E-state index >= 15 is 0 Å². The molecule has 0 aliphatic heterocycles. The molecule has 1 fully saturated rings. The van der Waals surface area contributed by atoms with Crippen LogP contribution in [0.5, 0.6) is 5.75 Å².